The summed E-state index contributed by atoms with van der Waals surface area (Å²) < 4.78 is 11.4. The Hall–Kier alpha value is 0.180. The van der Waals surface area contributed by atoms with Crippen molar-refractivity contribution in [2.75, 3.05) is 0 Å². The van der Waals surface area contributed by atoms with Crippen LogP contribution in [0.2, 0.25) is 0 Å². The first-order valence-corrected chi connectivity index (χ1v) is 2.04. The van der Waals surface area contributed by atoms with Crippen molar-refractivity contribution >= 4 is 11.6 Å². The van der Waals surface area contributed by atoms with Crippen LogP contribution in [-0.2, 0) is 0 Å². The minimum atomic E-state index is -2.49. The standard InChI is InChI=1S/C3H6ClFO/c1-2-3(4,5)6/h6H,2H2,1H3. The van der Waals surface area contributed by atoms with Crippen LogP contribution in [0.1, 0.15) is 13.3 Å². The second-order valence-electron chi connectivity index (χ2n) is 1.02. The highest BCUT2D eigenvalue weighted by molar-refractivity contribution is 6.21. The lowest BCUT2D eigenvalue weighted by molar-refractivity contribution is -0.00762. The Bertz CT molecular complexity index is 40.5. The van der Waals surface area contributed by atoms with Gasteiger partial charge in [0.1, 0.15) is 0 Å². The summed E-state index contributed by atoms with van der Waals surface area (Å²) in [6.07, 6.45) is -0.0748. The normalized spacial score (nSPS) is 20.0. The van der Waals surface area contributed by atoms with Crippen LogP contribution >= 0.6 is 11.6 Å². The molecule has 0 saturated heterocycles. The predicted octanol–water partition coefficient (Wildman–Crippen LogP) is 1.25. The van der Waals surface area contributed by atoms with Gasteiger partial charge in [-0.2, -0.15) is 4.39 Å². The first kappa shape index (κ1) is 6.18. The molecular formula is C3H6ClFO. The Morgan fingerprint density at radius 2 is 2.17 bits per heavy atom. The van der Waals surface area contributed by atoms with E-state index in [9.17, 15) is 4.39 Å². The minimum absolute atomic E-state index is 0.0748. The molecule has 6 heavy (non-hydrogen) atoms. The Kier molecular flexibility index (Phi) is 1.81. The molecule has 0 aromatic heterocycles. The van der Waals surface area contributed by atoms with Crippen LogP contribution in [0.5, 0.6) is 0 Å². The van der Waals surface area contributed by atoms with Crippen molar-refractivity contribution in [1.29, 1.82) is 0 Å². The summed E-state index contributed by atoms with van der Waals surface area (Å²) in [6, 6.07) is 0. The molecule has 1 atom stereocenters. The van der Waals surface area contributed by atoms with E-state index >= 15 is 0 Å². The molecule has 0 fully saturated rings. The molecule has 0 rings (SSSR count). The number of hydrogen-bond donors (Lipinski definition) is 1. The quantitative estimate of drug-likeness (QED) is 0.506. The summed E-state index contributed by atoms with van der Waals surface area (Å²) in [5, 5.41) is 5.44. The number of aliphatic hydroxyl groups is 1. The van der Waals surface area contributed by atoms with E-state index in [1.807, 2.05) is 0 Å². The van der Waals surface area contributed by atoms with Gasteiger partial charge in [0.25, 0.3) is 5.31 Å². The Balaban J connectivity index is 3.17. The van der Waals surface area contributed by atoms with Crippen LogP contribution in [-0.4, -0.2) is 10.4 Å². The van der Waals surface area contributed by atoms with Crippen molar-refractivity contribution in [3.63, 3.8) is 0 Å². The molecular weight excluding hydrogens is 106 g/mol. The highest BCUT2D eigenvalue weighted by Crippen LogP contribution is 2.14. The summed E-state index contributed by atoms with van der Waals surface area (Å²) in [5.41, 5.74) is 0. The van der Waals surface area contributed by atoms with Crippen LogP contribution in [0.15, 0.2) is 0 Å². The molecule has 0 saturated carbocycles. The lowest BCUT2D eigenvalue weighted by Gasteiger charge is -2.02. The molecule has 3 heteroatoms. The Labute approximate surface area is 40.7 Å². The minimum Gasteiger partial charge on any atom is -0.350 e. The molecule has 1 nitrogen and oxygen atoms in total. The molecule has 0 aliphatic heterocycles. The first-order valence-electron chi connectivity index (χ1n) is 1.66. The predicted molar refractivity (Wildman–Crippen MR) is 22.2 cm³/mol. The maximum absolute atomic E-state index is 11.4. The van der Waals surface area contributed by atoms with Gasteiger partial charge in [-0.3, -0.25) is 0 Å². The Morgan fingerprint density at radius 3 is 2.17 bits per heavy atom. The van der Waals surface area contributed by atoms with Gasteiger partial charge in [0, 0.05) is 6.42 Å². The van der Waals surface area contributed by atoms with Crippen molar-refractivity contribution in [3.8, 4) is 0 Å². The van der Waals surface area contributed by atoms with Crippen molar-refractivity contribution < 1.29 is 9.50 Å². The van der Waals surface area contributed by atoms with Gasteiger partial charge in [-0.15, -0.1) is 0 Å². The van der Waals surface area contributed by atoms with Crippen molar-refractivity contribution in [1.82, 2.24) is 0 Å². The number of alkyl halides is 2. The van der Waals surface area contributed by atoms with Crippen LogP contribution in [0.25, 0.3) is 0 Å². The largest absolute Gasteiger partial charge is 0.350 e. The van der Waals surface area contributed by atoms with Gasteiger partial charge in [0.15, 0.2) is 0 Å². The summed E-state index contributed by atoms with van der Waals surface area (Å²) in [4.78, 5) is 0. The molecule has 0 aliphatic carbocycles. The molecule has 0 aromatic carbocycles. The number of halogens is 2. The van der Waals surface area contributed by atoms with E-state index in [0.717, 1.165) is 0 Å². The maximum atomic E-state index is 11.4. The zero-order valence-corrected chi connectivity index (χ0v) is 4.17. The molecule has 38 valence electrons. The highest BCUT2D eigenvalue weighted by atomic mass is 35.5. The fourth-order valence-electron chi connectivity index (χ4n) is 0. The van der Waals surface area contributed by atoms with Gasteiger partial charge in [0.2, 0.25) is 0 Å². The van der Waals surface area contributed by atoms with E-state index < -0.39 is 5.31 Å². The van der Waals surface area contributed by atoms with Gasteiger partial charge in [-0.1, -0.05) is 18.5 Å². The van der Waals surface area contributed by atoms with Crippen LogP contribution < -0.4 is 0 Å². The van der Waals surface area contributed by atoms with E-state index in [1.165, 1.54) is 6.92 Å². The van der Waals surface area contributed by atoms with Gasteiger partial charge in [-0.05, 0) is 0 Å². The van der Waals surface area contributed by atoms with Crippen LogP contribution in [0.4, 0.5) is 4.39 Å². The molecule has 1 N–H and O–H groups in total. The second kappa shape index (κ2) is 1.76. The van der Waals surface area contributed by atoms with E-state index in [4.69, 9.17) is 5.11 Å². The van der Waals surface area contributed by atoms with E-state index in [-0.39, 0.29) is 6.42 Å². The van der Waals surface area contributed by atoms with Gasteiger partial charge < -0.3 is 5.11 Å². The van der Waals surface area contributed by atoms with Crippen molar-refractivity contribution in [3.05, 3.63) is 0 Å². The molecule has 0 heterocycles. The van der Waals surface area contributed by atoms with Gasteiger partial charge in [0.05, 0.1) is 0 Å². The Morgan fingerprint density at radius 1 is 2.00 bits per heavy atom. The third-order valence-corrected chi connectivity index (χ3v) is 0.693. The summed E-state index contributed by atoms with van der Waals surface area (Å²) in [7, 11) is 0. The lowest BCUT2D eigenvalue weighted by Crippen LogP contribution is -2.08. The van der Waals surface area contributed by atoms with E-state index in [0.29, 0.717) is 0 Å². The van der Waals surface area contributed by atoms with Crippen LogP contribution in [0, 0.1) is 0 Å². The smallest absolute Gasteiger partial charge is 0.283 e. The molecule has 0 spiro atoms. The zero-order valence-electron chi connectivity index (χ0n) is 3.41. The molecule has 0 bridgehead atoms. The molecule has 1 unspecified atom stereocenters. The highest BCUT2D eigenvalue weighted by Gasteiger charge is 2.16. The number of hydrogen-bond acceptors (Lipinski definition) is 1. The maximum Gasteiger partial charge on any atom is 0.283 e. The zero-order chi connectivity index (χ0) is 5.21. The third kappa shape index (κ3) is 4.18. The first-order chi connectivity index (χ1) is 2.56. The van der Waals surface area contributed by atoms with Crippen molar-refractivity contribution in [2.45, 2.75) is 18.7 Å². The average molecular weight is 113 g/mol. The monoisotopic (exact) mass is 112 g/mol. The lowest BCUT2D eigenvalue weighted by atomic mass is 10.5. The van der Waals surface area contributed by atoms with Gasteiger partial charge in [-0.25, -0.2) is 0 Å². The fraction of sp³-hybridized carbons (Fsp3) is 1.00. The average Bonchev–Trinajstić information content (AvgIpc) is 1.35. The molecule has 0 amide bonds. The molecule has 0 radical (unpaired) electrons. The fourth-order valence-corrected chi connectivity index (χ4v) is 0. The summed E-state index contributed by atoms with van der Waals surface area (Å²) in [5.74, 6) is 0. The van der Waals surface area contributed by atoms with Crippen LogP contribution in [0.3, 0.4) is 0 Å². The second-order valence-corrected chi connectivity index (χ2v) is 1.60. The van der Waals surface area contributed by atoms with E-state index in [2.05, 4.69) is 11.6 Å². The summed E-state index contributed by atoms with van der Waals surface area (Å²) >= 11 is 4.61. The molecule has 0 aliphatic rings. The van der Waals surface area contributed by atoms with E-state index in [1.54, 1.807) is 0 Å². The number of rotatable bonds is 1. The van der Waals surface area contributed by atoms with Gasteiger partial charge >= 0.3 is 0 Å². The third-order valence-electron chi connectivity index (χ3n) is 0.425. The SMILES string of the molecule is CCC(O)(F)Cl. The molecule has 0 aromatic rings. The van der Waals surface area contributed by atoms with Crippen molar-refractivity contribution in [2.24, 2.45) is 0 Å². The summed E-state index contributed by atoms with van der Waals surface area (Å²) in [6.45, 7) is 1.45. The topological polar surface area (TPSA) is 20.2 Å².